The van der Waals surface area contributed by atoms with Crippen LogP contribution >= 0.6 is 11.8 Å². The number of carbonyl (C=O) groups is 1. The lowest BCUT2D eigenvalue weighted by molar-refractivity contribution is 0.104. The first kappa shape index (κ1) is 18.3. The lowest BCUT2D eigenvalue weighted by atomic mass is 10.1. The summed E-state index contributed by atoms with van der Waals surface area (Å²) in [5.74, 6) is 1.22. The smallest absolute Gasteiger partial charge is 0.189 e. The van der Waals surface area contributed by atoms with E-state index in [4.69, 9.17) is 14.2 Å². The maximum Gasteiger partial charge on any atom is 0.189 e. The van der Waals surface area contributed by atoms with E-state index < -0.39 is 5.82 Å². The van der Waals surface area contributed by atoms with Crippen LogP contribution in [0.5, 0.6) is 17.2 Å². The van der Waals surface area contributed by atoms with Crippen LogP contribution in [0.15, 0.2) is 41.3 Å². The normalized spacial score (nSPS) is 12.7. The predicted molar refractivity (Wildman–Crippen MR) is 99.9 cm³/mol. The van der Waals surface area contributed by atoms with Gasteiger partial charge in [-0.25, -0.2) is 4.39 Å². The van der Waals surface area contributed by atoms with E-state index in [9.17, 15) is 9.18 Å². The molecule has 3 rings (SSSR count). The van der Waals surface area contributed by atoms with Gasteiger partial charge in [0.05, 0.1) is 24.2 Å². The Bertz CT molecular complexity index is 848. The second-order valence-corrected chi connectivity index (χ2v) is 6.61. The average molecular weight is 374 g/mol. The third-order valence-electron chi connectivity index (χ3n) is 3.80. The summed E-state index contributed by atoms with van der Waals surface area (Å²) in [6, 6.07) is 8.08. The molecule has 0 radical (unpaired) electrons. The third kappa shape index (κ3) is 4.02. The molecule has 1 aliphatic heterocycles. The molecule has 2 aromatic carbocycles. The summed E-state index contributed by atoms with van der Waals surface area (Å²) in [4.78, 5) is 13.6. The quantitative estimate of drug-likeness (QED) is 0.506. The number of thioether (sulfide) groups is 1. The summed E-state index contributed by atoms with van der Waals surface area (Å²) >= 11 is 1.57. The van der Waals surface area contributed by atoms with Crippen molar-refractivity contribution in [3.05, 3.63) is 53.4 Å². The summed E-state index contributed by atoms with van der Waals surface area (Å²) in [7, 11) is 1.41. The van der Waals surface area contributed by atoms with Crippen LogP contribution in [-0.4, -0.2) is 25.4 Å². The summed E-state index contributed by atoms with van der Waals surface area (Å²) in [6.45, 7) is 2.53. The van der Waals surface area contributed by atoms with Crippen molar-refractivity contribution in [2.75, 3.05) is 19.7 Å². The SMILES string of the molecule is CCCOc1cc2c(cc1C(=O)C=Cc1ccc(OC)c(F)c1)OCS2. The zero-order chi connectivity index (χ0) is 18.5. The van der Waals surface area contributed by atoms with Crippen molar-refractivity contribution in [2.45, 2.75) is 18.2 Å². The molecule has 2 aromatic rings. The Morgan fingerprint density at radius 2 is 2.15 bits per heavy atom. The van der Waals surface area contributed by atoms with E-state index in [0.717, 1.165) is 11.3 Å². The van der Waals surface area contributed by atoms with Gasteiger partial charge in [0.2, 0.25) is 0 Å². The number of hydrogen-bond acceptors (Lipinski definition) is 5. The zero-order valence-corrected chi connectivity index (χ0v) is 15.4. The number of benzene rings is 2. The van der Waals surface area contributed by atoms with Gasteiger partial charge in [-0.15, -0.1) is 0 Å². The van der Waals surface area contributed by atoms with Crippen LogP contribution in [0.3, 0.4) is 0 Å². The number of carbonyl (C=O) groups excluding carboxylic acids is 1. The van der Waals surface area contributed by atoms with Gasteiger partial charge in [0.25, 0.3) is 0 Å². The molecule has 0 N–H and O–H groups in total. The molecular formula is C20H19FO4S. The first-order valence-corrected chi connectivity index (χ1v) is 9.23. The van der Waals surface area contributed by atoms with Crippen LogP contribution in [0.2, 0.25) is 0 Å². The Hall–Kier alpha value is -2.47. The lowest BCUT2D eigenvalue weighted by Crippen LogP contribution is -2.03. The van der Waals surface area contributed by atoms with Crippen LogP contribution in [0, 0.1) is 5.82 Å². The monoisotopic (exact) mass is 374 g/mol. The summed E-state index contributed by atoms with van der Waals surface area (Å²) in [6.07, 6.45) is 3.82. The van der Waals surface area contributed by atoms with E-state index in [1.807, 2.05) is 13.0 Å². The molecule has 0 unspecified atom stereocenters. The number of halogens is 1. The highest BCUT2D eigenvalue weighted by molar-refractivity contribution is 7.99. The molecule has 1 aliphatic rings. The topological polar surface area (TPSA) is 44.8 Å². The Morgan fingerprint density at radius 3 is 2.88 bits per heavy atom. The molecule has 0 saturated carbocycles. The van der Waals surface area contributed by atoms with Crippen LogP contribution in [-0.2, 0) is 0 Å². The molecule has 0 fully saturated rings. The molecule has 0 aliphatic carbocycles. The van der Waals surface area contributed by atoms with E-state index in [0.29, 0.717) is 35.2 Å². The molecule has 0 amide bonds. The molecule has 0 bridgehead atoms. The van der Waals surface area contributed by atoms with Crippen molar-refractivity contribution in [1.29, 1.82) is 0 Å². The Morgan fingerprint density at radius 1 is 1.31 bits per heavy atom. The fourth-order valence-corrected chi connectivity index (χ4v) is 3.26. The number of allylic oxidation sites excluding steroid dienone is 1. The number of ether oxygens (including phenoxy) is 3. The molecule has 136 valence electrons. The minimum atomic E-state index is -0.475. The van der Waals surface area contributed by atoms with Gasteiger partial charge < -0.3 is 14.2 Å². The summed E-state index contributed by atoms with van der Waals surface area (Å²) in [5, 5.41) is 0. The van der Waals surface area contributed by atoms with Gasteiger partial charge in [0.1, 0.15) is 17.4 Å². The molecule has 0 saturated heterocycles. The predicted octanol–water partition coefficient (Wildman–Crippen LogP) is 4.96. The fraction of sp³-hybridized carbons (Fsp3) is 0.250. The van der Waals surface area contributed by atoms with Gasteiger partial charge >= 0.3 is 0 Å². The third-order valence-corrected chi connectivity index (χ3v) is 4.67. The molecule has 26 heavy (non-hydrogen) atoms. The van der Waals surface area contributed by atoms with E-state index >= 15 is 0 Å². The standard InChI is InChI=1S/C20H19FO4S/c1-3-8-24-18-11-20-19(25-12-26-20)10-14(18)16(22)6-4-13-5-7-17(23-2)15(21)9-13/h4-7,9-11H,3,8,12H2,1-2H3. The Balaban J connectivity index is 1.85. The van der Waals surface area contributed by atoms with Crippen molar-refractivity contribution in [2.24, 2.45) is 0 Å². The van der Waals surface area contributed by atoms with Crippen LogP contribution in [0.4, 0.5) is 4.39 Å². The first-order valence-electron chi connectivity index (χ1n) is 8.24. The van der Waals surface area contributed by atoms with Gasteiger partial charge in [-0.05, 0) is 42.3 Å². The van der Waals surface area contributed by atoms with Crippen molar-refractivity contribution in [3.63, 3.8) is 0 Å². The van der Waals surface area contributed by atoms with Gasteiger partial charge in [0.15, 0.2) is 17.3 Å². The Kier molecular flexibility index (Phi) is 5.83. The lowest BCUT2D eigenvalue weighted by Gasteiger charge is -2.11. The number of methoxy groups -OCH3 is 1. The van der Waals surface area contributed by atoms with Gasteiger partial charge in [-0.3, -0.25) is 4.79 Å². The minimum absolute atomic E-state index is 0.164. The minimum Gasteiger partial charge on any atom is -0.494 e. The number of fused-ring (bicyclic) bond motifs is 1. The molecule has 1 heterocycles. The van der Waals surface area contributed by atoms with Crippen LogP contribution < -0.4 is 14.2 Å². The summed E-state index contributed by atoms with van der Waals surface area (Å²) in [5.41, 5.74) is 1.01. The highest BCUT2D eigenvalue weighted by Gasteiger charge is 2.20. The van der Waals surface area contributed by atoms with Gasteiger partial charge in [-0.1, -0.05) is 30.8 Å². The number of hydrogen-bond donors (Lipinski definition) is 0. The first-order chi connectivity index (χ1) is 12.6. The summed E-state index contributed by atoms with van der Waals surface area (Å²) < 4.78 is 29.9. The highest BCUT2D eigenvalue weighted by atomic mass is 32.2. The number of ketones is 1. The van der Waals surface area contributed by atoms with E-state index in [1.54, 1.807) is 30.0 Å². The second kappa shape index (κ2) is 8.27. The van der Waals surface area contributed by atoms with Gasteiger partial charge in [0, 0.05) is 0 Å². The highest BCUT2D eigenvalue weighted by Crippen LogP contribution is 2.41. The fourth-order valence-electron chi connectivity index (χ4n) is 2.50. The largest absolute Gasteiger partial charge is 0.494 e. The van der Waals surface area contributed by atoms with E-state index in [2.05, 4.69) is 0 Å². The van der Waals surface area contributed by atoms with Crippen molar-refractivity contribution in [3.8, 4) is 17.2 Å². The number of rotatable bonds is 7. The molecule has 6 heteroatoms. The maximum atomic E-state index is 13.8. The van der Waals surface area contributed by atoms with Crippen molar-refractivity contribution in [1.82, 2.24) is 0 Å². The molecular weight excluding hydrogens is 355 g/mol. The van der Waals surface area contributed by atoms with Gasteiger partial charge in [-0.2, -0.15) is 0 Å². The maximum absolute atomic E-state index is 13.8. The van der Waals surface area contributed by atoms with Crippen molar-refractivity contribution < 1.29 is 23.4 Å². The van der Waals surface area contributed by atoms with Crippen LogP contribution in [0.25, 0.3) is 6.08 Å². The Labute approximate surface area is 156 Å². The van der Waals surface area contributed by atoms with Crippen LogP contribution in [0.1, 0.15) is 29.3 Å². The molecule has 0 atom stereocenters. The van der Waals surface area contributed by atoms with E-state index in [-0.39, 0.29) is 11.5 Å². The second-order valence-electron chi connectivity index (χ2n) is 5.64. The molecule has 0 aromatic heterocycles. The molecule has 0 spiro atoms. The average Bonchev–Trinajstić information content (AvgIpc) is 3.11. The van der Waals surface area contributed by atoms with E-state index in [1.165, 1.54) is 25.3 Å². The van der Waals surface area contributed by atoms with Crippen molar-refractivity contribution >= 4 is 23.6 Å². The zero-order valence-electron chi connectivity index (χ0n) is 14.6. The molecule has 4 nitrogen and oxygen atoms in total.